The molecule has 0 unspecified atom stereocenters. The van der Waals surface area contributed by atoms with Crippen LogP contribution < -0.4 is 21.0 Å². The Bertz CT molecular complexity index is 3.61. The van der Waals surface area contributed by atoms with E-state index < -0.39 is 0 Å². The maximum Gasteiger partial charge on any atom is 4.00 e. The molecule has 4 nitrogen and oxygen atoms in total. The zero-order valence-electron chi connectivity index (χ0n) is 2.13. The van der Waals surface area contributed by atoms with Crippen molar-refractivity contribution in [1.29, 1.82) is 0 Å². The topological polar surface area (TPSA) is 92.2 Å². The third-order valence-electron chi connectivity index (χ3n) is 0. The van der Waals surface area contributed by atoms with Crippen LogP contribution in [0, 0.1) is 41.7 Å². The largest absolute Gasteiger partial charge is 4.00 e. The van der Waals surface area contributed by atoms with Gasteiger partial charge in [-0.15, -0.1) is 0 Å². The second kappa shape index (κ2) is 62.7. The van der Waals surface area contributed by atoms with Gasteiger partial charge in [0.25, 0.3) is 0 Å². The summed E-state index contributed by atoms with van der Waals surface area (Å²) in [5, 5.41) is 28.0. The van der Waals surface area contributed by atoms with E-state index >= 15 is 0 Å². The Morgan fingerprint density at radius 2 is 0.600 bits per heavy atom. The van der Waals surface area contributed by atoms with E-state index in [2.05, 4.69) is 0 Å². The first-order valence-corrected chi connectivity index (χ1v) is 0.333. The van der Waals surface area contributed by atoms with E-state index in [1.165, 1.54) is 0 Å². The molecule has 0 bridgehead atoms. The molecule has 0 fully saturated rings. The van der Waals surface area contributed by atoms with Crippen molar-refractivity contribution in [2.24, 2.45) is 0 Å². The molecule has 28 valence electrons. The Hall–Kier alpha value is 1.22. The molecule has 0 atom stereocenters. The van der Waals surface area contributed by atoms with Gasteiger partial charge in [-0.3, -0.25) is 0 Å². The van der Waals surface area contributed by atoms with Crippen LogP contribution in [0.5, 0.6) is 0 Å². The fourth-order valence-corrected chi connectivity index (χ4v) is 0. The van der Waals surface area contributed by atoms with Crippen molar-refractivity contribution in [2.75, 3.05) is 0 Å². The van der Waals surface area contributed by atoms with Gasteiger partial charge in [0.1, 0.15) is 0 Å². The minimum atomic E-state index is 0. The molecule has 0 N–H and O–H groups in total. The molecule has 0 aliphatic carbocycles. The molecule has 0 aromatic carbocycles. The molecule has 5 heteroatoms. The Morgan fingerprint density at radius 1 is 0.600 bits per heavy atom. The molecule has 0 rings (SSSR count). The van der Waals surface area contributed by atoms with E-state index in [4.69, 9.17) is 21.0 Å². The second-order valence-electron chi connectivity index (χ2n) is 0. The van der Waals surface area contributed by atoms with Crippen LogP contribution in [0.4, 0.5) is 0 Å². The average Bonchev–Trinajstić information content (AvgIpc) is 1.50. The van der Waals surface area contributed by atoms with E-state index in [0.717, 1.165) is 0 Å². The fraction of sp³-hybridized carbons (Fsp3) is 0. The summed E-state index contributed by atoms with van der Waals surface area (Å²) >= 11 is 0. The summed E-state index contributed by atoms with van der Waals surface area (Å²) < 4.78 is 0. The van der Waals surface area contributed by atoms with Gasteiger partial charge in [-0.05, 0) is 0 Å². The maximum absolute atomic E-state index is 7.00. The summed E-state index contributed by atoms with van der Waals surface area (Å²) in [6.07, 6.45) is 0. The normalized spacial score (nSPS) is 2.40. The molecular formula is CeO4. The van der Waals surface area contributed by atoms with Gasteiger partial charge >= 0.3 is 41.7 Å². The minimum Gasteiger partial charge on any atom is -1.00 e. The van der Waals surface area contributed by atoms with Crippen LogP contribution in [-0.4, -0.2) is 0 Å². The van der Waals surface area contributed by atoms with Gasteiger partial charge in [0, 0.05) is 0 Å². The standard InChI is InChI=1S/Ce.2O2/c;2*1-2/q+4;2*-2. The minimum absolute atomic E-state index is 0. The first-order valence-electron chi connectivity index (χ1n) is 0.333. The van der Waals surface area contributed by atoms with Crippen molar-refractivity contribution >= 4 is 0 Å². The van der Waals surface area contributed by atoms with Crippen molar-refractivity contribution in [3.8, 4) is 0 Å². The molecule has 0 heterocycles. The van der Waals surface area contributed by atoms with Crippen LogP contribution in [0.15, 0.2) is 0 Å². The predicted molar refractivity (Wildman–Crippen MR) is 0 cm³/mol. The van der Waals surface area contributed by atoms with Crippen molar-refractivity contribution in [3.05, 3.63) is 0 Å². The Labute approximate surface area is 62.3 Å². The summed E-state index contributed by atoms with van der Waals surface area (Å²) in [5.41, 5.74) is 0. The Kier molecular flexibility index (Phi) is 205. The van der Waals surface area contributed by atoms with Crippen molar-refractivity contribution < 1.29 is 62.8 Å². The number of hydrogen-bond acceptors (Lipinski definition) is 4. The summed E-state index contributed by atoms with van der Waals surface area (Å²) in [7, 11) is 0. The molecule has 5 heavy (non-hydrogen) atoms. The van der Waals surface area contributed by atoms with Crippen molar-refractivity contribution in [3.63, 3.8) is 0 Å². The molecule has 0 aliphatic rings. The monoisotopic (exact) mass is 204 g/mol. The molecular weight excluding hydrogens is 204 g/mol. The van der Waals surface area contributed by atoms with Gasteiger partial charge in [-0.1, -0.05) is 0 Å². The SMILES string of the molecule is [Ce+4].[O-][O-].[O-][O-]. The smallest absolute Gasteiger partial charge is 1.00 e. The first-order chi connectivity index (χ1) is 2.00. The van der Waals surface area contributed by atoms with Gasteiger partial charge < -0.3 is 21.0 Å². The molecule has 0 aromatic heterocycles. The van der Waals surface area contributed by atoms with Gasteiger partial charge in [0.15, 0.2) is 0 Å². The second-order valence-corrected chi connectivity index (χ2v) is 0. The molecule has 0 saturated heterocycles. The summed E-state index contributed by atoms with van der Waals surface area (Å²) in [5.74, 6) is 0. The van der Waals surface area contributed by atoms with Crippen LogP contribution in [0.2, 0.25) is 0 Å². The molecule has 0 spiro atoms. The Balaban J connectivity index is -0.0000000133. The fourth-order valence-electron chi connectivity index (χ4n) is 0. The average molecular weight is 204 g/mol. The molecule has 0 aromatic rings. The summed E-state index contributed by atoms with van der Waals surface area (Å²) in [6.45, 7) is 0. The number of rotatable bonds is 0. The van der Waals surface area contributed by atoms with Crippen LogP contribution in [0.25, 0.3) is 0 Å². The zero-order chi connectivity index (χ0) is 4.00. The quantitative estimate of drug-likeness (QED) is 0.292. The Morgan fingerprint density at radius 3 is 0.600 bits per heavy atom. The molecule has 0 amide bonds. The van der Waals surface area contributed by atoms with E-state index in [9.17, 15) is 0 Å². The van der Waals surface area contributed by atoms with E-state index in [0.29, 0.717) is 0 Å². The molecule has 0 radical (unpaired) electrons. The van der Waals surface area contributed by atoms with Gasteiger partial charge in [-0.25, -0.2) is 0 Å². The predicted octanol–water partition coefficient (Wildman–Crippen LogP) is -4.76. The van der Waals surface area contributed by atoms with Crippen LogP contribution in [-0.2, 0) is 0 Å². The van der Waals surface area contributed by atoms with E-state index in [1.807, 2.05) is 0 Å². The van der Waals surface area contributed by atoms with Gasteiger partial charge in [0.2, 0.25) is 0 Å². The van der Waals surface area contributed by atoms with Crippen LogP contribution in [0.3, 0.4) is 0 Å². The first kappa shape index (κ1) is 16.4. The van der Waals surface area contributed by atoms with Crippen LogP contribution >= 0.6 is 0 Å². The summed E-state index contributed by atoms with van der Waals surface area (Å²) in [4.78, 5) is 0. The third kappa shape index (κ3) is 36.5. The molecule has 0 saturated carbocycles. The van der Waals surface area contributed by atoms with Gasteiger partial charge in [-0.2, -0.15) is 0 Å². The summed E-state index contributed by atoms with van der Waals surface area (Å²) in [6, 6.07) is 0. The number of hydrogen-bond donors (Lipinski definition) is 0. The van der Waals surface area contributed by atoms with Crippen molar-refractivity contribution in [2.45, 2.75) is 0 Å². The third-order valence-corrected chi connectivity index (χ3v) is 0. The zero-order valence-corrected chi connectivity index (χ0v) is 5.27. The van der Waals surface area contributed by atoms with Gasteiger partial charge in [0.05, 0.1) is 0 Å². The molecule has 0 aliphatic heterocycles. The van der Waals surface area contributed by atoms with Crippen LogP contribution in [0.1, 0.15) is 0 Å². The van der Waals surface area contributed by atoms with E-state index in [1.54, 1.807) is 0 Å². The maximum atomic E-state index is 7.00. The van der Waals surface area contributed by atoms with E-state index in [-0.39, 0.29) is 41.7 Å². The van der Waals surface area contributed by atoms with Crippen molar-refractivity contribution in [1.82, 2.24) is 0 Å².